The first-order chi connectivity index (χ1) is 16.5. The third-order valence-electron chi connectivity index (χ3n) is 7.98. The maximum absolute atomic E-state index is 13.8. The monoisotopic (exact) mass is 455 g/mol. The van der Waals surface area contributed by atoms with Gasteiger partial charge in [-0.15, -0.1) is 0 Å². The predicted octanol–water partition coefficient (Wildman–Crippen LogP) is 6.46. The van der Waals surface area contributed by atoms with E-state index in [0.717, 1.165) is 48.2 Å². The van der Waals surface area contributed by atoms with Gasteiger partial charge in [0.2, 0.25) is 0 Å². The van der Waals surface area contributed by atoms with Gasteiger partial charge in [0.1, 0.15) is 11.5 Å². The van der Waals surface area contributed by atoms with Gasteiger partial charge in [-0.2, -0.15) is 0 Å². The van der Waals surface area contributed by atoms with Gasteiger partial charge in [-0.25, -0.2) is 0 Å². The molecule has 2 aliphatic rings. The van der Waals surface area contributed by atoms with Crippen molar-refractivity contribution >= 4 is 5.91 Å². The molecule has 3 aromatic rings. The minimum absolute atomic E-state index is 0.101. The highest BCUT2D eigenvalue weighted by Crippen LogP contribution is 2.45. The lowest BCUT2D eigenvalue weighted by molar-refractivity contribution is 0.0471. The molecule has 4 heteroatoms. The summed E-state index contributed by atoms with van der Waals surface area (Å²) in [7, 11) is 0. The van der Waals surface area contributed by atoms with Crippen LogP contribution >= 0.6 is 0 Å². The Labute approximate surface area is 201 Å². The lowest BCUT2D eigenvalue weighted by Crippen LogP contribution is -2.44. The summed E-state index contributed by atoms with van der Waals surface area (Å²) in [5.41, 5.74) is 4.11. The molecule has 0 radical (unpaired) electrons. The van der Waals surface area contributed by atoms with Crippen LogP contribution in [-0.2, 0) is 0 Å². The first-order valence-corrected chi connectivity index (χ1v) is 12.5. The molecule has 1 amide bonds. The van der Waals surface area contributed by atoms with Crippen molar-refractivity contribution in [3.63, 3.8) is 0 Å². The van der Waals surface area contributed by atoms with Gasteiger partial charge in [-0.05, 0) is 78.1 Å². The zero-order valence-corrected chi connectivity index (χ0v) is 19.6. The summed E-state index contributed by atoms with van der Waals surface area (Å²) in [6.07, 6.45) is 8.87. The van der Waals surface area contributed by atoms with E-state index in [1.165, 1.54) is 32.1 Å². The minimum Gasteiger partial charge on any atom is -0.508 e. The van der Waals surface area contributed by atoms with Crippen molar-refractivity contribution in [1.29, 1.82) is 0 Å². The topological polar surface area (TPSA) is 60.8 Å². The number of phenolic OH excluding ortho intramolecular Hbond substituents is 2. The van der Waals surface area contributed by atoms with E-state index in [2.05, 4.69) is 0 Å². The number of nitrogens with zero attached hydrogens (tertiary/aromatic N) is 1. The van der Waals surface area contributed by atoms with Gasteiger partial charge >= 0.3 is 0 Å². The summed E-state index contributed by atoms with van der Waals surface area (Å²) in [4.78, 5) is 15.9. The number of phenols is 2. The van der Waals surface area contributed by atoms with E-state index in [0.29, 0.717) is 5.41 Å². The molecule has 2 fully saturated rings. The molecule has 0 unspecified atom stereocenters. The molecule has 1 spiro atoms. The van der Waals surface area contributed by atoms with Gasteiger partial charge in [-0.3, -0.25) is 4.79 Å². The molecule has 3 aromatic carbocycles. The number of benzene rings is 3. The third-order valence-corrected chi connectivity index (χ3v) is 7.98. The van der Waals surface area contributed by atoms with Crippen LogP contribution in [0.2, 0.25) is 0 Å². The Hall–Kier alpha value is -3.27. The maximum Gasteiger partial charge on any atom is 0.254 e. The average Bonchev–Trinajstić information content (AvgIpc) is 2.87. The fraction of sp³-hybridized carbons (Fsp3) is 0.367. The van der Waals surface area contributed by atoms with Crippen LogP contribution in [0.25, 0.3) is 0 Å². The molecule has 176 valence electrons. The summed E-state index contributed by atoms with van der Waals surface area (Å²) in [5.74, 6) is 0.338. The van der Waals surface area contributed by atoms with Gasteiger partial charge in [0, 0.05) is 24.6 Å². The Bertz CT molecular complexity index is 1070. The van der Waals surface area contributed by atoms with Crippen LogP contribution in [0.15, 0.2) is 72.8 Å². The lowest BCUT2D eigenvalue weighted by Gasteiger charge is -2.44. The highest BCUT2D eigenvalue weighted by Gasteiger charge is 2.37. The largest absolute Gasteiger partial charge is 0.508 e. The number of carbonyl (C=O) groups excluding carboxylic acids is 1. The van der Waals surface area contributed by atoms with Crippen molar-refractivity contribution in [2.75, 3.05) is 13.1 Å². The van der Waals surface area contributed by atoms with Crippen LogP contribution in [0.4, 0.5) is 0 Å². The molecule has 1 saturated heterocycles. The van der Waals surface area contributed by atoms with Crippen LogP contribution in [0.5, 0.6) is 11.5 Å². The van der Waals surface area contributed by atoms with Crippen molar-refractivity contribution in [2.45, 2.75) is 50.9 Å². The summed E-state index contributed by atoms with van der Waals surface area (Å²) < 4.78 is 0. The van der Waals surface area contributed by atoms with Crippen LogP contribution in [0.1, 0.15) is 77.9 Å². The highest BCUT2D eigenvalue weighted by molar-refractivity contribution is 5.96. The second kappa shape index (κ2) is 9.54. The summed E-state index contributed by atoms with van der Waals surface area (Å²) in [6, 6.07) is 22.2. The third kappa shape index (κ3) is 4.54. The molecule has 1 saturated carbocycles. The summed E-state index contributed by atoms with van der Waals surface area (Å²) >= 11 is 0. The normalized spacial score (nSPS) is 17.7. The highest BCUT2D eigenvalue weighted by atomic mass is 16.3. The first kappa shape index (κ1) is 22.5. The number of aromatic hydroxyl groups is 2. The van der Waals surface area contributed by atoms with Crippen LogP contribution in [0.3, 0.4) is 0 Å². The number of carbonyl (C=O) groups is 1. The lowest BCUT2D eigenvalue weighted by atomic mass is 9.68. The number of amides is 1. The quantitative estimate of drug-likeness (QED) is 0.444. The molecule has 34 heavy (non-hydrogen) atoms. The molecule has 2 N–H and O–H groups in total. The minimum atomic E-state index is -0.184. The van der Waals surface area contributed by atoms with E-state index in [1.807, 2.05) is 53.4 Å². The molecule has 0 atom stereocenters. The maximum atomic E-state index is 13.8. The Kier molecular flexibility index (Phi) is 6.32. The standard InChI is InChI=1S/C30H33NO3/c32-24-12-8-22(9-13-24)28(23-10-14-25(33)15-11-23)26-6-2-3-7-27(26)29(34)31-20-18-30(19-21-31)16-4-1-5-17-30/h2-3,6-15,28,32-33H,1,4-5,16-21H2. The van der Waals surface area contributed by atoms with Crippen molar-refractivity contribution in [3.8, 4) is 11.5 Å². The average molecular weight is 456 g/mol. The second-order valence-corrected chi connectivity index (χ2v) is 10.1. The number of piperidine rings is 1. The van der Waals surface area contributed by atoms with Crippen molar-refractivity contribution in [2.24, 2.45) is 5.41 Å². The fourth-order valence-electron chi connectivity index (χ4n) is 5.98. The molecule has 1 aliphatic heterocycles. The van der Waals surface area contributed by atoms with E-state index in [1.54, 1.807) is 24.3 Å². The number of rotatable bonds is 4. The van der Waals surface area contributed by atoms with Gasteiger partial charge in [0.15, 0.2) is 0 Å². The molecule has 1 heterocycles. The van der Waals surface area contributed by atoms with Crippen molar-refractivity contribution in [3.05, 3.63) is 95.1 Å². The summed E-state index contributed by atoms with van der Waals surface area (Å²) in [5, 5.41) is 19.7. The van der Waals surface area contributed by atoms with Gasteiger partial charge in [-0.1, -0.05) is 61.7 Å². The molecule has 0 aromatic heterocycles. The van der Waals surface area contributed by atoms with Crippen LogP contribution in [-0.4, -0.2) is 34.1 Å². The van der Waals surface area contributed by atoms with Crippen molar-refractivity contribution in [1.82, 2.24) is 4.90 Å². The Morgan fingerprint density at radius 3 is 1.79 bits per heavy atom. The molecular formula is C30H33NO3. The SMILES string of the molecule is O=C(c1ccccc1C(c1ccc(O)cc1)c1ccc(O)cc1)N1CCC2(CCCCC2)CC1. The van der Waals surface area contributed by atoms with E-state index in [-0.39, 0.29) is 23.3 Å². The van der Waals surface area contributed by atoms with Crippen LogP contribution in [0, 0.1) is 5.41 Å². The zero-order chi connectivity index (χ0) is 23.5. The molecule has 5 rings (SSSR count). The predicted molar refractivity (Wildman–Crippen MR) is 134 cm³/mol. The molecule has 0 bridgehead atoms. The van der Waals surface area contributed by atoms with Gasteiger partial charge in [0.05, 0.1) is 0 Å². The molecular weight excluding hydrogens is 422 g/mol. The smallest absolute Gasteiger partial charge is 0.254 e. The van der Waals surface area contributed by atoms with E-state index < -0.39 is 0 Å². The van der Waals surface area contributed by atoms with E-state index >= 15 is 0 Å². The number of hydrogen-bond donors (Lipinski definition) is 2. The van der Waals surface area contributed by atoms with Crippen molar-refractivity contribution < 1.29 is 15.0 Å². The zero-order valence-electron chi connectivity index (χ0n) is 19.6. The summed E-state index contributed by atoms with van der Waals surface area (Å²) in [6.45, 7) is 1.66. The second-order valence-electron chi connectivity index (χ2n) is 10.1. The molecule has 4 nitrogen and oxygen atoms in total. The first-order valence-electron chi connectivity index (χ1n) is 12.5. The Morgan fingerprint density at radius 2 is 1.24 bits per heavy atom. The van der Waals surface area contributed by atoms with Gasteiger partial charge in [0.25, 0.3) is 5.91 Å². The fourth-order valence-corrected chi connectivity index (χ4v) is 5.98. The number of hydrogen-bond acceptors (Lipinski definition) is 3. The Balaban J connectivity index is 1.47. The van der Waals surface area contributed by atoms with Crippen LogP contribution < -0.4 is 0 Å². The van der Waals surface area contributed by atoms with E-state index in [9.17, 15) is 15.0 Å². The number of likely N-dealkylation sites (tertiary alicyclic amines) is 1. The van der Waals surface area contributed by atoms with Gasteiger partial charge < -0.3 is 15.1 Å². The Morgan fingerprint density at radius 1 is 0.706 bits per heavy atom. The molecule has 1 aliphatic carbocycles. The van der Waals surface area contributed by atoms with E-state index in [4.69, 9.17) is 0 Å².